The third-order valence-electron chi connectivity index (χ3n) is 4.96. The molecule has 0 radical (unpaired) electrons. The minimum atomic E-state index is -0.318. The van der Waals surface area contributed by atoms with Crippen LogP contribution in [0.25, 0.3) is 17.0 Å². The summed E-state index contributed by atoms with van der Waals surface area (Å²) >= 11 is 0.923. The Kier molecular flexibility index (Phi) is 5.55. The van der Waals surface area contributed by atoms with Gasteiger partial charge in [-0.15, -0.1) is 6.58 Å². The molecule has 4 rings (SSSR count). The number of benzene rings is 1. The number of morpholine rings is 1. The van der Waals surface area contributed by atoms with Gasteiger partial charge < -0.3 is 14.2 Å². The fraction of sp³-hybridized carbons (Fsp3) is 0.286. The molecular weight excluding hydrogens is 390 g/mol. The van der Waals surface area contributed by atoms with Crippen LogP contribution in [0.15, 0.2) is 48.0 Å². The zero-order chi connectivity index (χ0) is 20.4. The molecule has 29 heavy (non-hydrogen) atoms. The molecule has 3 heterocycles. The number of carbonyl (C=O) groups excluding carboxylic acids is 3. The van der Waals surface area contributed by atoms with Gasteiger partial charge in [0, 0.05) is 42.3 Å². The number of hydrogen-bond acceptors (Lipinski definition) is 5. The first kappa shape index (κ1) is 19.5. The molecule has 2 aromatic rings. The molecule has 2 aliphatic rings. The second-order valence-corrected chi connectivity index (χ2v) is 7.80. The molecule has 2 saturated heterocycles. The van der Waals surface area contributed by atoms with Gasteiger partial charge in [0.25, 0.3) is 11.1 Å². The normalized spacial score (nSPS) is 18.8. The van der Waals surface area contributed by atoms with Crippen molar-refractivity contribution in [3.05, 3.63) is 53.6 Å². The highest BCUT2D eigenvalue weighted by atomic mass is 32.2. The Morgan fingerprint density at radius 2 is 1.97 bits per heavy atom. The smallest absolute Gasteiger partial charge is 0.293 e. The minimum absolute atomic E-state index is 0.0342. The standard InChI is InChI=1S/C21H21N3O4S/c1-2-7-24-20(26)18(29-21(24)27)12-15-13-23(17-6-4-3-5-16(15)17)14-19(25)22-8-10-28-11-9-22/h2-6,12-13H,1,7-11,14H2. The fourth-order valence-electron chi connectivity index (χ4n) is 3.51. The highest BCUT2D eigenvalue weighted by Gasteiger charge is 2.34. The van der Waals surface area contributed by atoms with Gasteiger partial charge in [-0.3, -0.25) is 19.3 Å². The molecule has 0 unspecified atom stereocenters. The van der Waals surface area contributed by atoms with Gasteiger partial charge in [-0.05, 0) is 23.9 Å². The van der Waals surface area contributed by atoms with Crippen molar-refractivity contribution in [2.24, 2.45) is 0 Å². The Balaban J connectivity index is 1.64. The molecule has 1 aromatic carbocycles. The maximum Gasteiger partial charge on any atom is 0.293 e. The van der Waals surface area contributed by atoms with Crippen molar-refractivity contribution in [2.75, 3.05) is 32.8 Å². The van der Waals surface area contributed by atoms with Crippen molar-refractivity contribution in [3.63, 3.8) is 0 Å². The summed E-state index contributed by atoms with van der Waals surface area (Å²) in [7, 11) is 0. The number of para-hydroxylation sites is 1. The van der Waals surface area contributed by atoms with E-state index in [4.69, 9.17) is 4.74 Å². The van der Waals surface area contributed by atoms with Crippen molar-refractivity contribution in [1.82, 2.24) is 14.4 Å². The number of ether oxygens (including phenoxy) is 1. The van der Waals surface area contributed by atoms with Crippen molar-refractivity contribution in [2.45, 2.75) is 6.54 Å². The van der Waals surface area contributed by atoms with Gasteiger partial charge in [-0.25, -0.2) is 0 Å². The van der Waals surface area contributed by atoms with Crippen molar-refractivity contribution in [3.8, 4) is 0 Å². The van der Waals surface area contributed by atoms with E-state index in [0.717, 1.165) is 28.2 Å². The Labute approximate surface area is 172 Å². The van der Waals surface area contributed by atoms with Crippen LogP contribution in [-0.2, 0) is 20.9 Å². The first-order valence-corrected chi connectivity index (χ1v) is 10.2. The summed E-state index contributed by atoms with van der Waals surface area (Å²) in [6.07, 6.45) is 5.12. The summed E-state index contributed by atoms with van der Waals surface area (Å²) in [6.45, 7) is 6.31. The zero-order valence-corrected chi connectivity index (χ0v) is 16.7. The molecule has 0 aliphatic carbocycles. The predicted molar refractivity (Wildman–Crippen MR) is 112 cm³/mol. The van der Waals surface area contributed by atoms with Crippen LogP contribution in [0.1, 0.15) is 5.56 Å². The lowest BCUT2D eigenvalue weighted by Crippen LogP contribution is -2.42. The summed E-state index contributed by atoms with van der Waals surface area (Å²) in [5, 5.41) is 0.630. The fourth-order valence-corrected chi connectivity index (χ4v) is 4.35. The number of nitrogens with zero attached hydrogens (tertiary/aromatic N) is 3. The maximum atomic E-state index is 12.7. The number of imide groups is 1. The lowest BCUT2D eigenvalue weighted by molar-refractivity contribution is -0.135. The van der Waals surface area contributed by atoms with Crippen LogP contribution in [0, 0.1) is 0 Å². The average Bonchev–Trinajstić information content (AvgIpc) is 3.21. The molecule has 8 heteroatoms. The quantitative estimate of drug-likeness (QED) is 0.559. The second kappa shape index (κ2) is 8.26. The Bertz CT molecular complexity index is 1020. The lowest BCUT2D eigenvalue weighted by Gasteiger charge is -2.27. The number of thioether (sulfide) groups is 1. The highest BCUT2D eigenvalue weighted by molar-refractivity contribution is 8.18. The molecule has 0 bridgehead atoms. The number of rotatable bonds is 5. The van der Waals surface area contributed by atoms with Gasteiger partial charge in [-0.1, -0.05) is 24.3 Å². The Hall–Kier alpha value is -2.84. The van der Waals surface area contributed by atoms with E-state index in [1.807, 2.05) is 35.0 Å². The third-order valence-corrected chi connectivity index (χ3v) is 5.87. The van der Waals surface area contributed by atoms with Crippen LogP contribution < -0.4 is 0 Å². The van der Waals surface area contributed by atoms with E-state index in [1.54, 1.807) is 11.0 Å². The average molecular weight is 411 g/mol. The van der Waals surface area contributed by atoms with E-state index in [1.165, 1.54) is 11.0 Å². The first-order valence-electron chi connectivity index (χ1n) is 9.38. The van der Waals surface area contributed by atoms with Crippen LogP contribution >= 0.6 is 11.8 Å². The van der Waals surface area contributed by atoms with Gasteiger partial charge in [0.1, 0.15) is 6.54 Å². The number of fused-ring (bicyclic) bond motifs is 1. The summed E-state index contributed by atoms with van der Waals surface area (Å²) < 4.78 is 7.21. The van der Waals surface area contributed by atoms with Gasteiger partial charge in [0.2, 0.25) is 5.91 Å². The third kappa shape index (κ3) is 3.86. The molecule has 2 fully saturated rings. The molecule has 1 aromatic heterocycles. The number of carbonyl (C=O) groups is 3. The second-order valence-electron chi connectivity index (χ2n) is 6.80. The van der Waals surface area contributed by atoms with Crippen molar-refractivity contribution >= 4 is 45.8 Å². The molecule has 150 valence electrons. The monoisotopic (exact) mass is 411 g/mol. The van der Waals surface area contributed by atoms with E-state index in [0.29, 0.717) is 31.2 Å². The number of hydrogen-bond donors (Lipinski definition) is 0. The van der Waals surface area contributed by atoms with Crippen LogP contribution in [0.5, 0.6) is 0 Å². The summed E-state index contributed by atoms with van der Waals surface area (Å²) in [4.78, 5) is 40.6. The van der Waals surface area contributed by atoms with Crippen LogP contribution in [0.3, 0.4) is 0 Å². The van der Waals surface area contributed by atoms with Crippen LogP contribution in [0.4, 0.5) is 4.79 Å². The highest BCUT2D eigenvalue weighted by Crippen LogP contribution is 2.34. The van der Waals surface area contributed by atoms with Crippen LogP contribution in [0.2, 0.25) is 0 Å². The zero-order valence-electron chi connectivity index (χ0n) is 15.9. The molecule has 0 saturated carbocycles. The Morgan fingerprint density at radius 3 is 2.72 bits per heavy atom. The van der Waals surface area contributed by atoms with E-state index >= 15 is 0 Å². The van der Waals surface area contributed by atoms with E-state index in [9.17, 15) is 14.4 Å². The molecule has 0 spiro atoms. The first-order chi connectivity index (χ1) is 14.1. The van der Waals surface area contributed by atoms with Gasteiger partial charge in [0.05, 0.1) is 18.1 Å². The molecule has 2 aliphatic heterocycles. The van der Waals surface area contributed by atoms with Crippen molar-refractivity contribution in [1.29, 1.82) is 0 Å². The SMILES string of the molecule is C=CCN1C(=O)SC(=Cc2cn(CC(=O)N3CCOCC3)c3ccccc23)C1=O. The summed E-state index contributed by atoms with van der Waals surface area (Å²) in [5.41, 5.74) is 1.71. The molecule has 3 amide bonds. The maximum absolute atomic E-state index is 12.7. The van der Waals surface area contributed by atoms with Crippen LogP contribution in [-0.4, -0.2) is 64.3 Å². The van der Waals surface area contributed by atoms with E-state index in [2.05, 4.69) is 6.58 Å². The van der Waals surface area contributed by atoms with E-state index < -0.39 is 0 Å². The van der Waals surface area contributed by atoms with Crippen molar-refractivity contribution < 1.29 is 19.1 Å². The lowest BCUT2D eigenvalue weighted by atomic mass is 10.1. The van der Waals surface area contributed by atoms with Gasteiger partial charge in [0.15, 0.2) is 0 Å². The Morgan fingerprint density at radius 1 is 1.21 bits per heavy atom. The van der Waals surface area contributed by atoms with Gasteiger partial charge >= 0.3 is 0 Å². The van der Waals surface area contributed by atoms with E-state index in [-0.39, 0.29) is 30.1 Å². The largest absolute Gasteiger partial charge is 0.378 e. The number of aromatic nitrogens is 1. The minimum Gasteiger partial charge on any atom is -0.378 e. The predicted octanol–water partition coefficient (Wildman–Crippen LogP) is 2.72. The van der Waals surface area contributed by atoms with Gasteiger partial charge in [-0.2, -0.15) is 0 Å². The molecular formula is C21H21N3O4S. The molecule has 7 nitrogen and oxygen atoms in total. The molecule has 0 N–H and O–H groups in total. The molecule has 0 atom stereocenters. The topological polar surface area (TPSA) is 71.8 Å². The summed E-state index contributed by atoms with van der Waals surface area (Å²) in [5.74, 6) is -0.284. The number of amides is 3. The summed E-state index contributed by atoms with van der Waals surface area (Å²) in [6, 6.07) is 7.73.